The van der Waals surface area contributed by atoms with Crippen molar-refractivity contribution in [1.82, 2.24) is 0 Å². The molecule has 2 aliphatic heterocycles. The fourth-order valence-corrected chi connectivity index (χ4v) is 6.97. The Morgan fingerprint density at radius 1 is 1.38 bits per heavy atom. The Morgan fingerprint density at radius 2 is 2.15 bits per heavy atom. The Morgan fingerprint density at radius 3 is 2.81 bits per heavy atom. The van der Waals surface area contributed by atoms with Gasteiger partial charge < -0.3 is 14.4 Å². The third-order valence-electron chi connectivity index (χ3n) is 4.16. The molecule has 0 radical (unpaired) electrons. The highest BCUT2D eigenvalue weighted by atomic mass is 32.2. The Hall–Kier alpha value is -2.25. The lowest BCUT2D eigenvalue weighted by Crippen LogP contribution is -2.38. The third-order valence-corrected chi connectivity index (χ3v) is 7.37. The molecule has 1 aromatic carbocycles. The van der Waals surface area contributed by atoms with Gasteiger partial charge in [-0.2, -0.15) is 10.3 Å². The number of methoxy groups -OCH3 is 2. The first-order chi connectivity index (χ1) is 12.4. The maximum atomic E-state index is 12.1. The zero-order chi connectivity index (χ0) is 18.9. The van der Waals surface area contributed by atoms with E-state index >= 15 is 0 Å². The fraction of sp³-hybridized carbons (Fsp3) is 0.438. The molecule has 0 aromatic heterocycles. The second-order valence-corrected chi connectivity index (χ2v) is 9.19. The maximum Gasteiger partial charge on any atom is 0.262 e. The van der Waals surface area contributed by atoms with Crippen molar-refractivity contribution < 1.29 is 22.7 Å². The van der Waals surface area contributed by atoms with E-state index in [0.29, 0.717) is 22.4 Å². The SMILES string of the molecule is COc1ccc(N2C(=NC(=O)CC#N)SC3CS(=O)(=O)CC32)c(OC)c1. The molecule has 1 aromatic rings. The first-order valence-electron chi connectivity index (χ1n) is 7.75. The molecule has 10 heteroatoms. The number of amides is 1. The molecule has 8 nitrogen and oxygen atoms in total. The number of hydrogen-bond acceptors (Lipinski definition) is 7. The quantitative estimate of drug-likeness (QED) is 0.749. The number of carbonyl (C=O) groups is 1. The molecule has 2 aliphatic rings. The van der Waals surface area contributed by atoms with Gasteiger partial charge >= 0.3 is 0 Å². The van der Waals surface area contributed by atoms with Crippen LogP contribution in [-0.2, 0) is 14.6 Å². The number of amidine groups is 1. The van der Waals surface area contributed by atoms with Gasteiger partial charge in [0.2, 0.25) is 0 Å². The molecular formula is C16H17N3O5S2. The number of fused-ring (bicyclic) bond motifs is 1. The van der Waals surface area contributed by atoms with Crippen molar-refractivity contribution in [3.8, 4) is 17.6 Å². The molecule has 2 atom stereocenters. The van der Waals surface area contributed by atoms with Crippen molar-refractivity contribution in [2.24, 2.45) is 4.99 Å². The molecule has 0 bridgehead atoms. The lowest BCUT2D eigenvalue weighted by Gasteiger charge is -2.26. The Balaban J connectivity index is 2.07. The minimum Gasteiger partial charge on any atom is -0.497 e. The van der Waals surface area contributed by atoms with Gasteiger partial charge in [-0.3, -0.25) is 4.79 Å². The number of rotatable bonds is 4. The summed E-state index contributed by atoms with van der Waals surface area (Å²) in [6, 6.07) is 6.59. The summed E-state index contributed by atoms with van der Waals surface area (Å²) in [5, 5.41) is 8.86. The summed E-state index contributed by atoms with van der Waals surface area (Å²) in [5.41, 5.74) is 0.605. The number of carbonyl (C=O) groups excluding carboxylic acids is 1. The van der Waals surface area contributed by atoms with Crippen molar-refractivity contribution in [3.05, 3.63) is 18.2 Å². The molecule has 0 spiro atoms. The van der Waals surface area contributed by atoms with Crippen molar-refractivity contribution in [3.63, 3.8) is 0 Å². The smallest absolute Gasteiger partial charge is 0.262 e. The summed E-state index contributed by atoms with van der Waals surface area (Å²) in [4.78, 5) is 17.6. The van der Waals surface area contributed by atoms with Gasteiger partial charge in [-0.1, -0.05) is 11.8 Å². The van der Waals surface area contributed by atoms with Gasteiger partial charge in [0, 0.05) is 11.3 Å². The summed E-state index contributed by atoms with van der Waals surface area (Å²) in [6.07, 6.45) is -0.328. The van der Waals surface area contributed by atoms with E-state index in [0.717, 1.165) is 0 Å². The number of thioether (sulfide) groups is 1. The van der Waals surface area contributed by atoms with Gasteiger partial charge in [0.15, 0.2) is 15.0 Å². The molecular weight excluding hydrogens is 378 g/mol. The molecule has 2 heterocycles. The van der Waals surface area contributed by atoms with Crippen LogP contribution in [-0.4, -0.2) is 56.5 Å². The highest BCUT2D eigenvalue weighted by molar-refractivity contribution is 8.16. The van der Waals surface area contributed by atoms with Gasteiger partial charge in [0.1, 0.15) is 17.9 Å². The minimum absolute atomic E-state index is 0.0225. The molecule has 3 rings (SSSR count). The van der Waals surface area contributed by atoms with Crippen LogP contribution in [0.15, 0.2) is 23.2 Å². The predicted molar refractivity (Wildman–Crippen MR) is 98.5 cm³/mol. The van der Waals surface area contributed by atoms with Crippen LogP contribution in [0.1, 0.15) is 6.42 Å². The summed E-state index contributed by atoms with van der Waals surface area (Å²) in [5.74, 6) is 0.520. The van der Waals surface area contributed by atoms with Crippen LogP contribution < -0.4 is 14.4 Å². The zero-order valence-electron chi connectivity index (χ0n) is 14.2. The van der Waals surface area contributed by atoms with Crippen LogP contribution in [0.2, 0.25) is 0 Å². The lowest BCUT2D eigenvalue weighted by atomic mass is 10.2. The van der Waals surface area contributed by atoms with Crippen molar-refractivity contribution in [2.45, 2.75) is 17.7 Å². The molecule has 2 saturated heterocycles. The van der Waals surface area contributed by atoms with E-state index in [4.69, 9.17) is 14.7 Å². The second kappa shape index (κ2) is 7.17. The summed E-state index contributed by atoms with van der Waals surface area (Å²) >= 11 is 1.25. The van der Waals surface area contributed by atoms with Gasteiger partial charge in [0.25, 0.3) is 5.91 Å². The van der Waals surface area contributed by atoms with Crippen molar-refractivity contribution in [2.75, 3.05) is 30.6 Å². The fourth-order valence-electron chi connectivity index (χ4n) is 3.04. The molecule has 2 fully saturated rings. The van der Waals surface area contributed by atoms with E-state index in [2.05, 4.69) is 4.99 Å². The Kier molecular flexibility index (Phi) is 5.11. The van der Waals surface area contributed by atoms with Crippen molar-refractivity contribution >= 4 is 38.4 Å². The number of ether oxygens (including phenoxy) is 2. The molecule has 1 amide bonds. The van der Waals surface area contributed by atoms with Crippen LogP contribution in [0.5, 0.6) is 11.5 Å². The number of sulfone groups is 1. The van der Waals surface area contributed by atoms with Gasteiger partial charge in [-0.05, 0) is 12.1 Å². The number of hydrogen-bond donors (Lipinski definition) is 0. The van der Waals surface area contributed by atoms with E-state index in [1.54, 1.807) is 29.2 Å². The number of nitriles is 1. The monoisotopic (exact) mass is 395 g/mol. The first kappa shape index (κ1) is 18.5. The average molecular weight is 395 g/mol. The highest BCUT2D eigenvalue weighted by Crippen LogP contribution is 2.44. The molecule has 138 valence electrons. The summed E-state index contributed by atoms with van der Waals surface area (Å²) in [7, 11) is -0.124. The van der Waals surface area contributed by atoms with Crippen LogP contribution in [0.3, 0.4) is 0 Å². The van der Waals surface area contributed by atoms with Gasteiger partial charge in [-0.15, -0.1) is 0 Å². The lowest BCUT2D eigenvalue weighted by molar-refractivity contribution is -0.116. The molecule has 2 unspecified atom stereocenters. The van der Waals surface area contributed by atoms with Crippen LogP contribution in [0.4, 0.5) is 5.69 Å². The number of anilines is 1. The minimum atomic E-state index is -3.16. The Labute approximate surface area is 155 Å². The topological polar surface area (TPSA) is 109 Å². The van der Waals surface area contributed by atoms with Crippen molar-refractivity contribution in [1.29, 1.82) is 5.26 Å². The van der Waals surface area contributed by atoms with Crippen LogP contribution >= 0.6 is 11.8 Å². The first-order valence-corrected chi connectivity index (χ1v) is 10.5. The van der Waals surface area contributed by atoms with E-state index in [1.807, 2.05) is 0 Å². The van der Waals surface area contributed by atoms with Gasteiger partial charge in [0.05, 0.1) is 43.5 Å². The van der Waals surface area contributed by atoms with E-state index in [9.17, 15) is 13.2 Å². The standard InChI is InChI=1S/C16H17N3O5S2/c1-23-10-3-4-11(13(7-10)24-2)19-12-8-26(21,22)9-14(12)25-16(19)18-15(20)5-6-17/h3-4,7,12,14H,5,8-9H2,1-2H3. The number of benzene rings is 1. The largest absolute Gasteiger partial charge is 0.497 e. The second-order valence-electron chi connectivity index (χ2n) is 5.83. The van der Waals surface area contributed by atoms with Gasteiger partial charge in [-0.25, -0.2) is 8.42 Å². The highest BCUT2D eigenvalue weighted by Gasteiger charge is 2.50. The third kappa shape index (κ3) is 3.50. The van der Waals surface area contributed by atoms with E-state index in [1.165, 1.54) is 26.0 Å². The van der Waals surface area contributed by atoms with E-state index < -0.39 is 15.7 Å². The Bertz CT molecular complexity index is 907. The van der Waals surface area contributed by atoms with Crippen LogP contribution in [0, 0.1) is 11.3 Å². The molecule has 0 N–H and O–H groups in total. The zero-order valence-corrected chi connectivity index (χ0v) is 15.8. The predicted octanol–water partition coefficient (Wildman–Crippen LogP) is 1.22. The molecule has 0 saturated carbocycles. The molecule has 0 aliphatic carbocycles. The maximum absolute atomic E-state index is 12.1. The average Bonchev–Trinajstić information content (AvgIpc) is 3.05. The summed E-state index contributed by atoms with van der Waals surface area (Å²) in [6.45, 7) is 0. The van der Waals surface area contributed by atoms with Crippen LogP contribution in [0.25, 0.3) is 0 Å². The summed E-state index contributed by atoms with van der Waals surface area (Å²) < 4.78 is 34.8. The molecule has 26 heavy (non-hydrogen) atoms. The number of nitrogens with zero attached hydrogens (tertiary/aromatic N) is 3. The number of aliphatic imine (C=N–C) groups is 1. The van der Waals surface area contributed by atoms with E-state index in [-0.39, 0.29) is 29.2 Å². The normalized spacial score (nSPS) is 25.0.